The molecule has 0 aliphatic carbocycles. The third-order valence-corrected chi connectivity index (χ3v) is 3.53. The number of nitrogens with zero attached hydrogens (tertiary/aromatic N) is 2. The molecule has 0 aliphatic rings. The largest absolute Gasteiger partial charge is 0.477 e. The smallest absolute Gasteiger partial charge is 0.342 e. The van der Waals surface area contributed by atoms with E-state index >= 15 is 0 Å². The van der Waals surface area contributed by atoms with Gasteiger partial charge in [0.2, 0.25) is 5.43 Å². The van der Waals surface area contributed by atoms with Crippen LogP contribution in [-0.2, 0) is 0 Å². The zero-order chi connectivity index (χ0) is 16.4. The molecule has 0 radical (unpaired) electrons. The van der Waals surface area contributed by atoms with Crippen molar-refractivity contribution in [3.05, 3.63) is 82.1 Å². The van der Waals surface area contributed by atoms with E-state index in [1.165, 1.54) is 4.68 Å². The molecule has 114 valence electrons. The second kappa shape index (κ2) is 5.88. The molecule has 0 saturated heterocycles. The van der Waals surface area contributed by atoms with Crippen molar-refractivity contribution >= 4 is 5.97 Å². The summed E-state index contributed by atoms with van der Waals surface area (Å²) in [7, 11) is 0. The summed E-state index contributed by atoms with van der Waals surface area (Å²) in [5.74, 6) is -1.27. The van der Waals surface area contributed by atoms with Gasteiger partial charge in [-0.1, -0.05) is 48.0 Å². The van der Waals surface area contributed by atoms with Crippen LogP contribution in [0.25, 0.3) is 16.9 Å². The highest BCUT2D eigenvalue weighted by molar-refractivity contribution is 5.95. The lowest BCUT2D eigenvalue weighted by atomic mass is 10.1. The van der Waals surface area contributed by atoms with E-state index < -0.39 is 11.4 Å². The number of hydrogen-bond acceptors (Lipinski definition) is 3. The zero-order valence-electron chi connectivity index (χ0n) is 12.4. The summed E-state index contributed by atoms with van der Waals surface area (Å²) in [6, 6.07) is 16.4. The van der Waals surface area contributed by atoms with Gasteiger partial charge in [0.1, 0.15) is 5.56 Å². The summed E-state index contributed by atoms with van der Waals surface area (Å²) in [6.07, 6.45) is 1.04. The minimum Gasteiger partial charge on any atom is -0.477 e. The number of carboxylic acids is 1. The van der Waals surface area contributed by atoms with Gasteiger partial charge in [-0.3, -0.25) is 4.79 Å². The van der Waals surface area contributed by atoms with Crippen LogP contribution in [0.15, 0.2) is 65.6 Å². The third-order valence-electron chi connectivity index (χ3n) is 3.53. The molecule has 3 aromatic rings. The minimum absolute atomic E-state index is 0.273. The molecule has 0 fully saturated rings. The second-order valence-corrected chi connectivity index (χ2v) is 5.15. The van der Waals surface area contributed by atoms with Gasteiger partial charge >= 0.3 is 5.97 Å². The number of hydrogen-bond donors (Lipinski definition) is 1. The SMILES string of the molecule is Cc1ccc(-n2ncc(=O)c(C(=O)O)c2-c2ccccc2)cc1. The van der Waals surface area contributed by atoms with E-state index in [0.717, 1.165) is 11.8 Å². The summed E-state index contributed by atoms with van der Waals surface area (Å²) >= 11 is 0. The summed E-state index contributed by atoms with van der Waals surface area (Å²) in [5, 5.41) is 13.6. The minimum atomic E-state index is -1.27. The van der Waals surface area contributed by atoms with E-state index in [1.54, 1.807) is 24.3 Å². The Morgan fingerprint density at radius 2 is 1.70 bits per heavy atom. The van der Waals surface area contributed by atoms with Crippen LogP contribution in [0.5, 0.6) is 0 Å². The predicted molar refractivity (Wildman–Crippen MR) is 87.0 cm³/mol. The average molecular weight is 306 g/mol. The lowest BCUT2D eigenvalue weighted by Crippen LogP contribution is -2.22. The van der Waals surface area contributed by atoms with Gasteiger partial charge in [0.25, 0.3) is 0 Å². The zero-order valence-corrected chi connectivity index (χ0v) is 12.4. The van der Waals surface area contributed by atoms with Crippen LogP contribution in [0, 0.1) is 6.92 Å². The first-order valence-electron chi connectivity index (χ1n) is 7.06. The van der Waals surface area contributed by atoms with Crippen LogP contribution in [0.2, 0.25) is 0 Å². The maximum Gasteiger partial charge on any atom is 0.342 e. The van der Waals surface area contributed by atoms with Crippen molar-refractivity contribution in [2.45, 2.75) is 6.92 Å². The van der Waals surface area contributed by atoms with E-state index in [1.807, 2.05) is 37.3 Å². The number of aryl methyl sites for hydroxylation is 1. The summed E-state index contributed by atoms with van der Waals surface area (Å²) in [4.78, 5) is 23.6. The highest BCUT2D eigenvalue weighted by Crippen LogP contribution is 2.24. The van der Waals surface area contributed by atoms with Gasteiger partial charge in [-0.05, 0) is 19.1 Å². The fraction of sp³-hybridized carbons (Fsp3) is 0.0556. The van der Waals surface area contributed by atoms with Gasteiger partial charge < -0.3 is 5.11 Å². The molecular weight excluding hydrogens is 292 g/mol. The molecule has 1 N–H and O–H groups in total. The van der Waals surface area contributed by atoms with Crippen molar-refractivity contribution < 1.29 is 9.90 Å². The highest BCUT2D eigenvalue weighted by atomic mass is 16.4. The van der Waals surface area contributed by atoms with Crippen molar-refractivity contribution in [3.8, 4) is 16.9 Å². The first-order valence-corrected chi connectivity index (χ1v) is 7.06. The van der Waals surface area contributed by atoms with Gasteiger partial charge in [0, 0.05) is 5.56 Å². The standard InChI is InChI=1S/C18H14N2O3/c1-12-7-9-14(10-8-12)20-17(13-5-3-2-4-6-13)16(18(22)23)15(21)11-19-20/h2-11H,1H3,(H,22,23). The normalized spacial score (nSPS) is 10.5. The maximum absolute atomic E-state index is 12.0. The van der Waals surface area contributed by atoms with Gasteiger partial charge in [-0.25, -0.2) is 9.48 Å². The maximum atomic E-state index is 12.0. The number of carbonyl (C=O) groups is 1. The van der Waals surface area contributed by atoms with E-state index in [4.69, 9.17) is 0 Å². The lowest BCUT2D eigenvalue weighted by Gasteiger charge is -2.14. The molecule has 0 bridgehead atoms. The number of rotatable bonds is 3. The Hall–Kier alpha value is -3.21. The quantitative estimate of drug-likeness (QED) is 0.807. The molecule has 1 aromatic heterocycles. The van der Waals surface area contributed by atoms with Crippen molar-refractivity contribution in [2.24, 2.45) is 0 Å². The Labute approximate surface area is 132 Å². The summed E-state index contributed by atoms with van der Waals surface area (Å²) in [5.41, 5.74) is 1.77. The number of benzene rings is 2. The monoisotopic (exact) mass is 306 g/mol. The van der Waals surface area contributed by atoms with Gasteiger partial charge in [-0.15, -0.1) is 0 Å². The topological polar surface area (TPSA) is 72.2 Å². The Balaban J connectivity index is 2.37. The second-order valence-electron chi connectivity index (χ2n) is 5.15. The Kier molecular flexibility index (Phi) is 3.76. The molecule has 0 aliphatic heterocycles. The highest BCUT2D eigenvalue weighted by Gasteiger charge is 2.20. The number of carboxylic acid groups (broad SMARTS) is 1. The molecular formula is C18H14N2O3. The van der Waals surface area contributed by atoms with E-state index in [-0.39, 0.29) is 11.3 Å². The molecule has 3 rings (SSSR count). The Morgan fingerprint density at radius 3 is 2.30 bits per heavy atom. The molecule has 5 heteroatoms. The van der Waals surface area contributed by atoms with Crippen LogP contribution in [0.3, 0.4) is 0 Å². The molecule has 0 unspecified atom stereocenters. The van der Waals surface area contributed by atoms with Crippen LogP contribution < -0.4 is 5.43 Å². The third kappa shape index (κ3) is 2.76. The summed E-state index contributed by atoms with van der Waals surface area (Å²) in [6.45, 7) is 1.96. The lowest BCUT2D eigenvalue weighted by molar-refractivity contribution is 0.0695. The summed E-state index contributed by atoms with van der Waals surface area (Å²) < 4.78 is 1.49. The van der Waals surface area contributed by atoms with Gasteiger partial charge in [0.15, 0.2) is 0 Å². The molecule has 1 heterocycles. The molecule has 0 amide bonds. The Morgan fingerprint density at radius 1 is 1.04 bits per heavy atom. The fourth-order valence-corrected chi connectivity index (χ4v) is 2.41. The number of aromatic nitrogens is 2. The van der Waals surface area contributed by atoms with Crippen molar-refractivity contribution in [1.29, 1.82) is 0 Å². The van der Waals surface area contributed by atoms with E-state index in [2.05, 4.69) is 5.10 Å². The van der Waals surface area contributed by atoms with E-state index in [0.29, 0.717) is 11.3 Å². The Bertz CT molecular complexity index is 913. The average Bonchev–Trinajstić information content (AvgIpc) is 2.56. The van der Waals surface area contributed by atoms with Crippen LogP contribution in [0.4, 0.5) is 0 Å². The van der Waals surface area contributed by atoms with Crippen molar-refractivity contribution in [3.63, 3.8) is 0 Å². The van der Waals surface area contributed by atoms with E-state index in [9.17, 15) is 14.7 Å². The first-order chi connectivity index (χ1) is 11.1. The van der Waals surface area contributed by atoms with Gasteiger partial charge in [0.05, 0.1) is 17.6 Å². The predicted octanol–water partition coefficient (Wildman–Crippen LogP) is 2.91. The van der Waals surface area contributed by atoms with Crippen LogP contribution in [-0.4, -0.2) is 20.9 Å². The molecule has 23 heavy (non-hydrogen) atoms. The van der Waals surface area contributed by atoms with Gasteiger partial charge in [-0.2, -0.15) is 5.10 Å². The van der Waals surface area contributed by atoms with Crippen LogP contribution >= 0.6 is 0 Å². The molecule has 2 aromatic carbocycles. The fourth-order valence-electron chi connectivity index (χ4n) is 2.41. The number of aromatic carboxylic acids is 1. The van der Waals surface area contributed by atoms with Crippen LogP contribution in [0.1, 0.15) is 15.9 Å². The molecule has 5 nitrogen and oxygen atoms in total. The van der Waals surface area contributed by atoms with Crippen molar-refractivity contribution in [2.75, 3.05) is 0 Å². The first kappa shape index (κ1) is 14.7. The molecule has 0 atom stereocenters. The molecule has 0 saturated carbocycles. The molecule has 0 spiro atoms. The van der Waals surface area contributed by atoms with Crippen molar-refractivity contribution in [1.82, 2.24) is 9.78 Å².